The summed E-state index contributed by atoms with van der Waals surface area (Å²) in [5, 5.41) is 3.78. The Hall–Kier alpha value is -1.51. The Morgan fingerprint density at radius 2 is 1.71 bits per heavy atom. The SMILES string of the molecule is Cc1c(NC2C3CC4CC(C3)CC2C4)cccc1C(N)=O. The van der Waals surface area contributed by atoms with Crippen molar-refractivity contribution in [1.29, 1.82) is 0 Å². The second kappa shape index (κ2) is 4.75. The molecular formula is C18H24N2O. The molecule has 4 aliphatic rings. The summed E-state index contributed by atoms with van der Waals surface area (Å²) in [6, 6.07) is 6.44. The zero-order valence-electron chi connectivity index (χ0n) is 12.6. The van der Waals surface area contributed by atoms with Crippen molar-refractivity contribution in [3.63, 3.8) is 0 Å². The van der Waals surface area contributed by atoms with Crippen molar-refractivity contribution in [3.05, 3.63) is 29.3 Å². The molecule has 3 nitrogen and oxygen atoms in total. The summed E-state index contributed by atoms with van der Waals surface area (Å²) in [5.41, 5.74) is 8.21. The fraction of sp³-hybridized carbons (Fsp3) is 0.611. The van der Waals surface area contributed by atoms with E-state index in [9.17, 15) is 4.79 Å². The third-order valence-electron chi connectivity index (χ3n) is 6.15. The van der Waals surface area contributed by atoms with Crippen LogP contribution in [-0.2, 0) is 0 Å². The van der Waals surface area contributed by atoms with Crippen LogP contribution in [-0.4, -0.2) is 11.9 Å². The highest BCUT2D eigenvalue weighted by Crippen LogP contribution is 2.54. The van der Waals surface area contributed by atoms with Crippen LogP contribution in [0.3, 0.4) is 0 Å². The normalized spacial score (nSPS) is 36.7. The van der Waals surface area contributed by atoms with Crippen LogP contribution in [0, 0.1) is 30.6 Å². The molecule has 1 aromatic rings. The van der Waals surface area contributed by atoms with Crippen LogP contribution in [0.2, 0.25) is 0 Å². The maximum atomic E-state index is 11.5. The molecule has 0 heterocycles. The average Bonchev–Trinajstić information content (AvgIpc) is 2.43. The molecule has 0 unspecified atom stereocenters. The van der Waals surface area contributed by atoms with E-state index in [1.165, 1.54) is 32.1 Å². The van der Waals surface area contributed by atoms with E-state index in [0.29, 0.717) is 11.6 Å². The maximum Gasteiger partial charge on any atom is 0.249 e. The molecule has 5 rings (SSSR count). The van der Waals surface area contributed by atoms with Crippen molar-refractivity contribution < 1.29 is 4.79 Å². The van der Waals surface area contributed by atoms with Gasteiger partial charge < -0.3 is 11.1 Å². The number of nitrogens with one attached hydrogen (secondary N) is 1. The Morgan fingerprint density at radius 3 is 2.29 bits per heavy atom. The first-order valence-corrected chi connectivity index (χ1v) is 8.27. The topological polar surface area (TPSA) is 55.1 Å². The lowest BCUT2D eigenvalue weighted by atomic mass is 9.54. The number of nitrogens with two attached hydrogens (primary N) is 1. The number of amides is 1. The van der Waals surface area contributed by atoms with E-state index in [-0.39, 0.29) is 5.91 Å². The first kappa shape index (κ1) is 13.2. The third kappa shape index (κ3) is 2.14. The summed E-state index contributed by atoms with van der Waals surface area (Å²) in [4.78, 5) is 11.5. The maximum absolute atomic E-state index is 11.5. The summed E-state index contributed by atoms with van der Waals surface area (Å²) in [5.74, 6) is 3.31. The zero-order valence-corrected chi connectivity index (χ0v) is 12.6. The van der Waals surface area contributed by atoms with Crippen LogP contribution in [0.25, 0.3) is 0 Å². The largest absolute Gasteiger partial charge is 0.382 e. The van der Waals surface area contributed by atoms with Gasteiger partial charge in [-0.25, -0.2) is 0 Å². The van der Waals surface area contributed by atoms with Crippen LogP contribution in [0.1, 0.15) is 48.0 Å². The number of benzene rings is 1. The van der Waals surface area contributed by atoms with E-state index in [2.05, 4.69) is 11.4 Å². The van der Waals surface area contributed by atoms with Gasteiger partial charge in [-0.2, -0.15) is 0 Å². The second-order valence-electron chi connectivity index (χ2n) is 7.44. The van der Waals surface area contributed by atoms with Crippen molar-refractivity contribution in [2.24, 2.45) is 29.4 Å². The molecule has 0 atom stereocenters. The Balaban J connectivity index is 1.59. The number of primary amides is 1. The molecule has 112 valence electrons. The highest BCUT2D eigenvalue weighted by molar-refractivity contribution is 5.95. The fourth-order valence-corrected chi connectivity index (χ4v) is 5.40. The Bertz CT molecular complexity index is 553. The van der Waals surface area contributed by atoms with Gasteiger partial charge >= 0.3 is 0 Å². The fourth-order valence-electron chi connectivity index (χ4n) is 5.40. The monoisotopic (exact) mass is 284 g/mol. The molecule has 0 saturated heterocycles. The van der Waals surface area contributed by atoms with E-state index in [4.69, 9.17) is 5.73 Å². The summed E-state index contributed by atoms with van der Waals surface area (Å²) in [6.07, 6.45) is 7.09. The van der Waals surface area contributed by atoms with Crippen LogP contribution < -0.4 is 11.1 Å². The Kier molecular flexibility index (Phi) is 2.98. The zero-order chi connectivity index (χ0) is 14.6. The van der Waals surface area contributed by atoms with Crippen molar-refractivity contribution in [2.75, 3.05) is 5.32 Å². The summed E-state index contributed by atoms with van der Waals surface area (Å²) < 4.78 is 0. The van der Waals surface area contributed by atoms with Gasteiger partial charge in [0.25, 0.3) is 0 Å². The van der Waals surface area contributed by atoms with Gasteiger partial charge in [0.1, 0.15) is 0 Å². The molecule has 3 N–H and O–H groups in total. The number of hydrogen-bond acceptors (Lipinski definition) is 2. The van der Waals surface area contributed by atoms with E-state index in [0.717, 1.165) is 34.9 Å². The molecule has 1 aromatic carbocycles. The van der Waals surface area contributed by atoms with Gasteiger partial charge in [-0.3, -0.25) is 4.79 Å². The van der Waals surface area contributed by atoms with Crippen molar-refractivity contribution >= 4 is 11.6 Å². The lowest BCUT2D eigenvalue weighted by Gasteiger charge is -2.54. The number of rotatable bonds is 3. The summed E-state index contributed by atoms with van der Waals surface area (Å²) >= 11 is 0. The van der Waals surface area contributed by atoms with Gasteiger partial charge in [-0.15, -0.1) is 0 Å². The second-order valence-corrected chi connectivity index (χ2v) is 7.44. The van der Waals surface area contributed by atoms with Crippen molar-refractivity contribution in [3.8, 4) is 0 Å². The highest BCUT2D eigenvalue weighted by atomic mass is 16.1. The molecule has 0 aromatic heterocycles. The van der Waals surface area contributed by atoms with Crippen LogP contribution in [0.5, 0.6) is 0 Å². The van der Waals surface area contributed by atoms with Gasteiger partial charge in [0, 0.05) is 17.3 Å². The van der Waals surface area contributed by atoms with Gasteiger partial charge in [-0.1, -0.05) is 6.07 Å². The van der Waals surface area contributed by atoms with E-state index >= 15 is 0 Å². The van der Waals surface area contributed by atoms with E-state index in [1.54, 1.807) is 0 Å². The molecule has 3 heteroatoms. The standard InChI is InChI=1S/C18H24N2O/c1-10-15(18(19)21)3-2-4-16(10)20-17-13-6-11-5-12(8-13)9-14(17)7-11/h2-4,11-14,17,20H,5-9H2,1H3,(H2,19,21). The molecule has 4 aliphatic carbocycles. The quantitative estimate of drug-likeness (QED) is 0.894. The predicted molar refractivity (Wildman–Crippen MR) is 84.2 cm³/mol. The van der Waals surface area contributed by atoms with Gasteiger partial charge in [0.2, 0.25) is 5.91 Å². The van der Waals surface area contributed by atoms with Crippen molar-refractivity contribution in [1.82, 2.24) is 0 Å². The smallest absolute Gasteiger partial charge is 0.249 e. The number of carbonyl (C=O) groups excluding carboxylic acids is 1. The number of carbonyl (C=O) groups is 1. The van der Waals surface area contributed by atoms with Crippen LogP contribution in [0.4, 0.5) is 5.69 Å². The minimum Gasteiger partial charge on any atom is -0.382 e. The minimum absolute atomic E-state index is 0.332. The van der Waals surface area contributed by atoms with Crippen LogP contribution >= 0.6 is 0 Å². The first-order chi connectivity index (χ1) is 10.1. The van der Waals surface area contributed by atoms with E-state index in [1.807, 2.05) is 19.1 Å². The molecule has 4 bridgehead atoms. The molecular weight excluding hydrogens is 260 g/mol. The highest BCUT2D eigenvalue weighted by Gasteiger charge is 2.48. The van der Waals surface area contributed by atoms with Gasteiger partial charge in [0.05, 0.1) is 0 Å². The first-order valence-electron chi connectivity index (χ1n) is 8.27. The van der Waals surface area contributed by atoms with E-state index < -0.39 is 0 Å². The molecule has 0 aliphatic heterocycles. The Morgan fingerprint density at radius 1 is 1.10 bits per heavy atom. The molecule has 21 heavy (non-hydrogen) atoms. The lowest BCUT2D eigenvalue weighted by molar-refractivity contribution is 0.00752. The van der Waals surface area contributed by atoms with Crippen molar-refractivity contribution in [2.45, 2.75) is 45.1 Å². The molecule has 1 amide bonds. The average molecular weight is 284 g/mol. The number of hydrogen-bond donors (Lipinski definition) is 2. The molecule has 4 saturated carbocycles. The minimum atomic E-state index is -0.332. The summed E-state index contributed by atoms with van der Waals surface area (Å²) in [6.45, 7) is 2.00. The Labute approximate surface area is 126 Å². The summed E-state index contributed by atoms with van der Waals surface area (Å²) in [7, 11) is 0. The van der Waals surface area contributed by atoms with Gasteiger partial charge in [0.15, 0.2) is 0 Å². The van der Waals surface area contributed by atoms with Gasteiger partial charge in [-0.05, 0) is 80.4 Å². The third-order valence-corrected chi connectivity index (χ3v) is 6.15. The molecule has 0 radical (unpaired) electrons. The molecule has 4 fully saturated rings. The number of anilines is 1. The predicted octanol–water partition coefficient (Wildman–Crippen LogP) is 3.33. The molecule has 0 spiro atoms. The van der Waals surface area contributed by atoms with Crippen LogP contribution in [0.15, 0.2) is 18.2 Å². The lowest BCUT2D eigenvalue weighted by Crippen LogP contribution is -2.51.